The lowest BCUT2D eigenvalue weighted by molar-refractivity contribution is -0.104. The van der Waals surface area contributed by atoms with Gasteiger partial charge in [-0.25, -0.2) is 0 Å². The smallest absolute Gasteiger partial charge is 0.142 e. The molecule has 124 valence electrons. The van der Waals surface area contributed by atoms with E-state index in [9.17, 15) is 4.79 Å². The highest BCUT2D eigenvalue weighted by Gasteiger charge is 2.06. The average molecular weight is 295 g/mol. The molecule has 1 nitrogen and oxygen atoms in total. The Morgan fingerprint density at radius 1 is 0.810 bits per heavy atom. The molecule has 0 bridgehead atoms. The van der Waals surface area contributed by atoms with E-state index in [0.29, 0.717) is 0 Å². The highest BCUT2D eigenvalue weighted by molar-refractivity contribution is 5.65. The molecule has 0 radical (unpaired) electrons. The van der Waals surface area contributed by atoms with Crippen molar-refractivity contribution in [3.05, 3.63) is 11.6 Å². The third-order valence-electron chi connectivity index (χ3n) is 4.49. The van der Waals surface area contributed by atoms with Crippen LogP contribution in [0.1, 0.15) is 92.4 Å². The van der Waals surface area contributed by atoms with E-state index < -0.39 is 0 Å². The van der Waals surface area contributed by atoms with Crippen molar-refractivity contribution in [2.24, 2.45) is 17.8 Å². The van der Waals surface area contributed by atoms with Gasteiger partial charge in [0.25, 0.3) is 0 Å². The normalized spacial score (nSPS) is 15.2. The zero-order valence-electron chi connectivity index (χ0n) is 15.2. The maximum Gasteiger partial charge on any atom is 0.142 e. The molecule has 0 rings (SSSR count). The predicted octanol–water partition coefficient (Wildman–Crippen LogP) is 6.57. The Morgan fingerprint density at radius 3 is 1.76 bits per heavy atom. The van der Waals surface area contributed by atoms with E-state index in [1.165, 1.54) is 56.9 Å². The topological polar surface area (TPSA) is 17.1 Å². The molecular formula is C20H38O. The van der Waals surface area contributed by atoms with Crippen molar-refractivity contribution in [2.75, 3.05) is 0 Å². The Balaban J connectivity index is 3.54. The van der Waals surface area contributed by atoms with Crippen molar-refractivity contribution in [3.8, 4) is 0 Å². The van der Waals surface area contributed by atoms with Gasteiger partial charge in [0.15, 0.2) is 0 Å². The first-order valence-electron chi connectivity index (χ1n) is 9.06. The van der Waals surface area contributed by atoms with Crippen molar-refractivity contribution in [2.45, 2.75) is 92.4 Å². The van der Waals surface area contributed by atoms with E-state index in [2.05, 4.69) is 34.6 Å². The summed E-state index contributed by atoms with van der Waals surface area (Å²) in [4.78, 5) is 10.4. The van der Waals surface area contributed by atoms with Gasteiger partial charge in [-0.1, -0.05) is 78.2 Å². The molecule has 2 atom stereocenters. The van der Waals surface area contributed by atoms with E-state index in [-0.39, 0.29) is 0 Å². The second-order valence-corrected chi connectivity index (χ2v) is 7.51. The number of rotatable bonds is 13. The van der Waals surface area contributed by atoms with E-state index in [1.54, 1.807) is 6.08 Å². The molecule has 0 amide bonds. The van der Waals surface area contributed by atoms with Gasteiger partial charge in [0, 0.05) is 0 Å². The van der Waals surface area contributed by atoms with E-state index >= 15 is 0 Å². The molecule has 0 aromatic carbocycles. The Morgan fingerprint density at radius 2 is 1.29 bits per heavy atom. The third-order valence-corrected chi connectivity index (χ3v) is 4.49. The molecule has 0 aliphatic rings. The zero-order valence-corrected chi connectivity index (χ0v) is 15.2. The van der Waals surface area contributed by atoms with Crippen LogP contribution in [0.3, 0.4) is 0 Å². The van der Waals surface area contributed by atoms with Gasteiger partial charge in [-0.05, 0) is 43.6 Å². The molecule has 0 heterocycles. The second-order valence-electron chi connectivity index (χ2n) is 7.51. The van der Waals surface area contributed by atoms with Gasteiger partial charge >= 0.3 is 0 Å². The minimum Gasteiger partial charge on any atom is -0.299 e. The lowest BCUT2D eigenvalue weighted by atomic mass is 9.91. The second kappa shape index (κ2) is 13.1. The molecule has 0 aliphatic heterocycles. The zero-order chi connectivity index (χ0) is 16.1. The first kappa shape index (κ1) is 20.4. The van der Waals surface area contributed by atoms with Crippen LogP contribution in [0.4, 0.5) is 0 Å². The lowest BCUT2D eigenvalue weighted by Crippen LogP contribution is -2.00. The van der Waals surface area contributed by atoms with E-state index in [4.69, 9.17) is 0 Å². The SMILES string of the molecule is C/C(=C\C=O)CCCC(C)CCCC(C)CCCC(C)C. The van der Waals surface area contributed by atoms with Crippen LogP contribution in [0.5, 0.6) is 0 Å². The maximum atomic E-state index is 10.4. The van der Waals surface area contributed by atoms with Crippen LogP contribution in [0, 0.1) is 17.8 Å². The maximum absolute atomic E-state index is 10.4. The quantitative estimate of drug-likeness (QED) is 0.277. The molecule has 0 saturated heterocycles. The predicted molar refractivity (Wildman–Crippen MR) is 94.5 cm³/mol. The largest absolute Gasteiger partial charge is 0.299 e. The molecule has 0 saturated carbocycles. The highest BCUT2D eigenvalue weighted by Crippen LogP contribution is 2.21. The summed E-state index contributed by atoms with van der Waals surface area (Å²) in [5.74, 6) is 2.58. The van der Waals surface area contributed by atoms with Crippen molar-refractivity contribution in [1.29, 1.82) is 0 Å². The number of carbonyl (C=O) groups excluding carboxylic acids is 1. The fourth-order valence-electron chi connectivity index (χ4n) is 2.91. The minimum absolute atomic E-state index is 0.830. The number of allylic oxidation sites excluding steroid dienone is 2. The number of carbonyl (C=O) groups is 1. The van der Waals surface area contributed by atoms with Gasteiger partial charge in [-0.3, -0.25) is 4.79 Å². The van der Waals surface area contributed by atoms with Gasteiger partial charge in [0.05, 0.1) is 0 Å². The van der Waals surface area contributed by atoms with E-state index in [0.717, 1.165) is 30.5 Å². The van der Waals surface area contributed by atoms with Crippen molar-refractivity contribution in [1.82, 2.24) is 0 Å². The average Bonchev–Trinajstić information content (AvgIpc) is 2.38. The van der Waals surface area contributed by atoms with Gasteiger partial charge in [-0.15, -0.1) is 0 Å². The van der Waals surface area contributed by atoms with Crippen molar-refractivity contribution < 1.29 is 4.79 Å². The summed E-state index contributed by atoms with van der Waals surface area (Å²) in [6.07, 6.45) is 14.5. The molecule has 0 aliphatic carbocycles. The standard InChI is InChI=1S/C20H38O/c1-17(2)9-6-10-18(3)11-7-12-19(4)13-8-14-20(5)15-16-21/h15-19H,6-14H2,1-5H3/b20-15+. The van der Waals surface area contributed by atoms with Crippen LogP contribution in [0.25, 0.3) is 0 Å². The van der Waals surface area contributed by atoms with Crippen molar-refractivity contribution in [3.63, 3.8) is 0 Å². The van der Waals surface area contributed by atoms with Crippen molar-refractivity contribution >= 4 is 6.29 Å². The fraction of sp³-hybridized carbons (Fsp3) is 0.850. The summed E-state index contributed by atoms with van der Waals surface area (Å²) in [5, 5.41) is 0. The summed E-state index contributed by atoms with van der Waals surface area (Å²) in [7, 11) is 0. The summed E-state index contributed by atoms with van der Waals surface area (Å²) in [6.45, 7) is 11.5. The highest BCUT2D eigenvalue weighted by atomic mass is 16.1. The summed E-state index contributed by atoms with van der Waals surface area (Å²) in [6, 6.07) is 0. The number of hydrogen-bond donors (Lipinski definition) is 0. The number of hydrogen-bond acceptors (Lipinski definition) is 1. The van der Waals surface area contributed by atoms with E-state index in [1.807, 2.05) is 0 Å². The van der Waals surface area contributed by atoms with Crippen LogP contribution < -0.4 is 0 Å². The van der Waals surface area contributed by atoms with Crippen LogP contribution in [0.15, 0.2) is 11.6 Å². The molecule has 21 heavy (non-hydrogen) atoms. The summed E-state index contributed by atoms with van der Waals surface area (Å²) >= 11 is 0. The third kappa shape index (κ3) is 14.1. The molecule has 0 spiro atoms. The van der Waals surface area contributed by atoms with Crippen LogP contribution in [-0.2, 0) is 4.79 Å². The Bertz CT molecular complexity index is 278. The van der Waals surface area contributed by atoms with Crippen LogP contribution in [-0.4, -0.2) is 6.29 Å². The van der Waals surface area contributed by atoms with Gasteiger partial charge in [0.2, 0.25) is 0 Å². The van der Waals surface area contributed by atoms with Gasteiger partial charge in [0.1, 0.15) is 6.29 Å². The molecule has 0 aromatic heterocycles. The molecule has 2 unspecified atom stereocenters. The molecule has 0 fully saturated rings. The summed E-state index contributed by atoms with van der Waals surface area (Å²) in [5.41, 5.74) is 1.22. The van der Waals surface area contributed by atoms with Gasteiger partial charge in [-0.2, -0.15) is 0 Å². The van der Waals surface area contributed by atoms with Gasteiger partial charge < -0.3 is 0 Å². The fourth-order valence-corrected chi connectivity index (χ4v) is 2.91. The van der Waals surface area contributed by atoms with Crippen LogP contribution >= 0.6 is 0 Å². The summed E-state index contributed by atoms with van der Waals surface area (Å²) < 4.78 is 0. The molecule has 0 aromatic rings. The minimum atomic E-state index is 0.830. The molecule has 1 heteroatoms. The lowest BCUT2D eigenvalue weighted by Gasteiger charge is -2.15. The Labute approximate surface area is 133 Å². The van der Waals surface area contributed by atoms with Crippen LogP contribution in [0.2, 0.25) is 0 Å². The first-order valence-corrected chi connectivity index (χ1v) is 9.06. The Hall–Kier alpha value is -0.590. The Kier molecular flexibility index (Phi) is 12.7. The molecular weight excluding hydrogens is 256 g/mol. The first-order chi connectivity index (χ1) is 9.95. The monoisotopic (exact) mass is 294 g/mol. The number of aldehydes is 1. The molecule has 0 N–H and O–H groups in total.